The fraction of sp³-hybridized carbons (Fsp3) is 0.333. The summed E-state index contributed by atoms with van der Waals surface area (Å²) >= 11 is -3.57. The number of benzene rings is 2. The summed E-state index contributed by atoms with van der Waals surface area (Å²) in [4.78, 5) is 0. The van der Waals surface area contributed by atoms with Gasteiger partial charge in [-0.25, -0.2) is 0 Å². The summed E-state index contributed by atoms with van der Waals surface area (Å²) in [6.07, 6.45) is -2.05. The van der Waals surface area contributed by atoms with E-state index >= 15 is 0 Å². The fourth-order valence-electron chi connectivity index (χ4n) is 6.10. The summed E-state index contributed by atoms with van der Waals surface area (Å²) in [6, 6.07) is 14.1. The minimum absolute atomic E-state index is 0. The molecule has 2 aromatic carbocycles. The number of alkyl halides is 3. The normalized spacial score (nSPS) is 20.6. The van der Waals surface area contributed by atoms with Gasteiger partial charge >= 0.3 is 193 Å². The van der Waals surface area contributed by atoms with E-state index in [0.717, 1.165) is 17.2 Å². The van der Waals surface area contributed by atoms with Crippen molar-refractivity contribution in [1.29, 1.82) is 0 Å². The summed E-state index contributed by atoms with van der Waals surface area (Å²) < 4.78 is 47.2. The Balaban J connectivity index is 0.00000204. The molecule has 0 nitrogen and oxygen atoms in total. The van der Waals surface area contributed by atoms with Crippen molar-refractivity contribution in [2.75, 3.05) is 0 Å². The molecule has 7 heteroatoms. The van der Waals surface area contributed by atoms with Crippen LogP contribution in [-0.4, -0.2) is 6.88 Å². The van der Waals surface area contributed by atoms with Crippen LogP contribution in [0.2, 0.25) is 9.26 Å². The van der Waals surface area contributed by atoms with Crippen LogP contribution in [0.25, 0.3) is 5.57 Å². The molecule has 2 unspecified atom stereocenters. The third-order valence-electron chi connectivity index (χ3n) is 7.94. The zero-order chi connectivity index (χ0) is 23.7. The molecule has 34 heavy (non-hydrogen) atoms. The zero-order valence-electron chi connectivity index (χ0n) is 20.5. The van der Waals surface area contributed by atoms with E-state index in [0.29, 0.717) is 11.5 Å². The number of fused-ring (bicyclic) bond motifs is 1. The van der Waals surface area contributed by atoms with Crippen molar-refractivity contribution < 1.29 is 30.6 Å². The number of hydrogen-bond donors (Lipinski definition) is 0. The predicted molar refractivity (Wildman–Crippen MR) is 143 cm³/mol. The van der Waals surface area contributed by atoms with Gasteiger partial charge < -0.3 is 0 Å². The van der Waals surface area contributed by atoms with Gasteiger partial charge in [0.15, 0.2) is 0 Å². The standard InChI is InChI=1S/C16H10F3.C9H13.2CH3.2ClH.H2Si.Zr/c17-16(18,19)13-6-3-5-12(10-13)15-9-8-11-4-1-2-7-14(11)15;1-6-5-7(2)9(4)8(6)3;;;;;;/h1-10H;6H,1-4H3;2*1H3;2*1H;1H2;. The van der Waals surface area contributed by atoms with Gasteiger partial charge in [-0.2, -0.15) is 0 Å². The van der Waals surface area contributed by atoms with Gasteiger partial charge in [-0.3, -0.25) is 0 Å². The predicted octanol–water partition coefficient (Wildman–Crippen LogP) is 8.63. The van der Waals surface area contributed by atoms with E-state index in [2.05, 4.69) is 68.1 Å². The number of hydrogen-bond acceptors (Lipinski definition) is 0. The maximum absolute atomic E-state index is 13.4. The Morgan fingerprint density at radius 1 is 0.882 bits per heavy atom. The Kier molecular flexibility index (Phi) is 8.24. The van der Waals surface area contributed by atoms with Gasteiger partial charge in [-0.15, -0.1) is 24.8 Å². The molecule has 184 valence electrons. The van der Waals surface area contributed by atoms with Crippen LogP contribution in [0.5, 0.6) is 0 Å². The first-order chi connectivity index (χ1) is 14.7. The molecule has 4 rings (SSSR count). The molecular weight excluding hydrogens is 572 g/mol. The third kappa shape index (κ3) is 4.63. The van der Waals surface area contributed by atoms with Crippen LogP contribution in [0.3, 0.4) is 0 Å². The largest absolute Gasteiger partial charge is 0.147 e. The van der Waals surface area contributed by atoms with Crippen molar-refractivity contribution in [3.8, 4) is 0 Å². The van der Waals surface area contributed by atoms with Gasteiger partial charge in [-0.05, 0) is 0 Å². The maximum Gasteiger partial charge on any atom is -0.147 e. The molecule has 0 aliphatic heterocycles. The molecule has 2 atom stereocenters. The van der Waals surface area contributed by atoms with Gasteiger partial charge in [-0.1, -0.05) is 0 Å². The van der Waals surface area contributed by atoms with Crippen LogP contribution in [0.1, 0.15) is 53.6 Å². The van der Waals surface area contributed by atoms with Crippen LogP contribution < -0.4 is 0 Å². The maximum atomic E-state index is 13.4. The third-order valence-corrected chi connectivity index (χ3v) is 25.2. The molecule has 0 aromatic heterocycles. The van der Waals surface area contributed by atoms with Crippen molar-refractivity contribution >= 4 is 37.3 Å². The minimum atomic E-state index is -4.35. The Morgan fingerprint density at radius 2 is 1.50 bits per heavy atom. The molecule has 0 spiro atoms. The van der Waals surface area contributed by atoms with E-state index in [1.165, 1.54) is 34.4 Å². The van der Waals surface area contributed by atoms with Crippen molar-refractivity contribution in [2.24, 2.45) is 5.92 Å². The van der Waals surface area contributed by atoms with Crippen LogP contribution >= 0.6 is 24.8 Å². The number of allylic oxidation sites excluding steroid dienone is 5. The topological polar surface area (TPSA) is 0 Å². The second kappa shape index (κ2) is 9.54. The molecule has 0 fully saturated rings. The first-order valence-electron chi connectivity index (χ1n) is 11.2. The summed E-state index contributed by atoms with van der Waals surface area (Å²) in [5.41, 5.74) is 7.68. The molecular formula is C27H33Cl2F3SiZr. The average Bonchev–Trinajstić information content (AvgIpc) is 3.20. The van der Waals surface area contributed by atoms with Crippen molar-refractivity contribution in [3.05, 3.63) is 96.9 Å². The molecule has 0 amide bonds. The Morgan fingerprint density at radius 3 is 2.06 bits per heavy atom. The molecule has 0 radical (unpaired) electrons. The molecule has 2 aliphatic rings. The first-order valence-corrected chi connectivity index (χ1v) is 24.7. The molecule has 2 aliphatic carbocycles. The average molecular weight is 605 g/mol. The van der Waals surface area contributed by atoms with E-state index in [1.54, 1.807) is 3.28 Å². The fourth-order valence-corrected chi connectivity index (χ4v) is 24.6. The van der Waals surface area contributed by atoms with Crippen molar-refractivity contribution in [1.82, 2.24) is 0 Å². The van der Waals surface area contributed by atoms with Gasteiger partial charge in [0.1, 0.15) is 0 Å². The van der Waals surface area contributed by atoms with Crippen molar-refractivity contribution in [2.45, 2.75) is 46.8 Å². The smallest absolute Gasteiger partial charge is 0.147 e. The van der Waals surface area contributed by atoms with Crippen LogP contribution in [-0.2, 0) is 23.6 Å². The summed E-state index contributed by atoms with van der Waals surface area (Å²) in [7, 11) is 0. The summed E-state index contributed by atoms with van der Waals surface area (Å²) in [5.74, 6) is 0.436. The summed E-state index contributed by atoms with van der Waals surface area (Å²) in [6.45, 7) is 11.3. The SMILES string of the molecule is CC1=C(C)C(C)[C]([Zr]([CH3])([CH3])(=[SiH2])[CH]2C=C(c3cccc(C(F)(F)F)c3)c3ccccc32)=C1C.Cl.Cl. The quantitative estimate of drug-likeness (QED) is 0.308. The molecule has 0 saturated heterocycles. The van der Waals surface area contributed by atoms with E-state index in [9.17, 15) is 13.2 Å². The Bertz CT molecular complexity index is 1290. The summed E-state index contributed by atoms with van der Waals surface area (Å²) in [5, 5.41) is 0. The second-order valence-corrected chi connectivity index (χ2v) is 40.1. The minimum Gasteiger partial charge on any atom is -0.147 e. The monoisotopic (exact) mass is 602 g/mol. The molecule has 0 bridgehead atoms. The molecule has 0 heterocycles. The second-order valence-electron chi connectivity index (χ2n) is 10.6. The van der Waals surface area contributed by atoms with E-state index in [-0.39, 0.29) is 28.4 Å². The van der Waals surface area contributed by atoms with E-state index in [1.807, 2.05) is 12.1 Å². The first kappa shape index (κ1) is 29.4. The molecule has 0 N–H and O–H groups in total. The van der Waals surface area contributed by atoms with Gasteiger partial charge in [0.25, 0.3) is 0 Å². The zero-order valence-corrected chi connectivity index (χ0v) is 26.0. The van der Waals surface area contributed by atoms with Gasteiger partial charge in [0.2, 0.25) is 0 Å². The number of halogens is 5. The van der Waals surface area contributed by atoms with Crippen LogP contribution in [0, 0.1) is 5.92 Å². The van der Waals surface area contributed by atoms with E-state index < -0.39 is 29.1 Å². The van der Waals surface area contributed by atoms with Crippen molar-refractivity contribution in [3.63, 3.8) is 0 Å². The Labute approximate surface area is 216 Å². The van der Waals surface area contributed by atoms with Crippen LogP contribution in [0.15, 0.2) is 74.6 Å². The Hall–Kier alpha value is -0.870. The van der Waals surface area contributed by atoms with Gasteiger partial charge in [0.05, 0.1) is 0 Å². The molecule has 0 saturated carbocycles. The van der Waals surface area contributed by atoms with Gasteiger partial charge in [0, 0.05) is 0 Å². The molecule has 2 aromatic rings. The van der Waals surface area contributed by atoms with Crippen LogP contribution in [0.4, 0.5) is 13.2 Å². The number of rotatable bonds is 3. The van der Waals surface area contributed by atoms with E-state index in [4.69, 9.17) is 0 Å².